The highest BCUT2D eigenvalue weighted by Gasteiger charge is 2.21. The Morgan fingerprint density at radius 1 is 1.43 bits per heavy atom. The van der Waals surface area contributed by atoms with Crippen LogP contribution < -0.4 is 10.9 Å². The molecule has 0 aromatic carbocycles. The fraction of sp³-hybridized carbons (Fsp3) is 0.429. The normalized spacial score (nSPS) is 14.8. The molecule has 2 heterocycles. The molecule has 21 heavy (non-hydrogen) atoms. The van der Waals surface area contributed by atoms with Gasteiger partial charge in [0.2, 0.25) is 5.91 Å². The standard InChI is InChI=1S/C14H16N4O2S/c1-8-6-12(21-17-8)15-14(20)9(2)18-13(19)7-10-4-3-5-11(10)16-18/h6-7,9H,3-5H2,1-2H3,(H,15,20)/t9-/m1/s1. The molecular formula is C14H16N4O2S. The second-order valence-electron chi connectivity index (χ2n) is 5.25. The molecule has 2 aromatic heterocycles. The molecule has 3 rings (SSSR count). The van der Waals surface area contributed by atoms with Crippen LogP contribution in [0.15, 0.2) is 16.9 Å². The first kappa shape index (κ1) is 13.9. The lowest BCUT2D eigenvalue weighted by molar-refractivity contribution is -0.119. The van der Waals surface area contributed by atoms with E-state index in [-0.39, 0.29) is 11.5 Å². The van der Waals surface area contributed by atoms with Crippen LogP contribution in [0.3, 0.4) is 0 Å². The largest absolute Gasteiger partial charge is 0.315 e. The first-order valence-electron chi connectivity index (χ1n) is 6.90. The summed E-state index contributed by atoms with van der Waals surface area (Å²) in [6.07, 6.45) is 2.80. The highest BCUT2D eigenvalue weighted by molar-refractivity contribution is 7.10. The van der Waals surface area contributed by atoms with Crippen LogP contribution in [0.4, 0.5) is 5.00 Å². The van der Waals surface area contributed by atoms with Gasteiger partial charge in [0.15, 0.2) is 0 Å². The summed E-state index contributed by atoms with van der Waals surface area (Å²) >= 11 is 1.23. The van der Waals surface area contributed by atoms with Gasteiger partial charge in [0.25, 0.3) is 5.56 Å². The molecule has 0 spiro atoms. The topological polar surface area (TPSA) is 76.9 Å². The molecule has 0 radical (unpaired) electrons. The quantitative estimate of drug-likeness (QED) is 0.936. The van der Waals surface area contributed by atoms with Crippen molar-refractivity contribution in [2.75, 3.05) is 5.32 Å². The van der Waals surface area contributed by atoms with E-state index in [2.05, 4.69) is 14.8 Å². The van der Waals surface area contributed by atoms with Gasteiger partial charge in [0.1, 0.15) is 11.0 Å². The fourth-order valence-corrected chi connectivity index (χ4v) is 3.12. The minimum atomic E-state index is -0.647. The van der Waals surface area contributed by atoms with E-state index in [4.69, 9.17) is 0 Å². The van der Waals surface area contributed by atoms with Crippen molar-refractivity contribution in [1.82, 2.24) is 14.2 Å². The Morgan fingerprint density at radius 3 is 2.95 bits per heavy atom. The zero-order chi connectivity index (χ0) is 15.0. The molecule has 0 aliphatic heterocycles. The third-order valence-electron chi connectivity index (χ3n) is 3.60. The van der Waals surface area contributed by atoms with Crippen molar-refractivity contribution in [2.24, 2.45) is 0 Å². The molecule has 1 N–H and O–H groups in total. The molecule has 1 amide bonds. The number of nitrogens with zero attached hydrogens (tertiary/aromatic N) is 3. The number of aryl methyl sites for hydroxylation is 3. The second-order valence-corrected chi connectivity index (χ2v) is 6.06. The molecule has 0 saturated heterocycles. The number of anilines is 1. The van der Waals surface area contributed by atoms with Crippen molar-refractivity contribution >= 4 is 22.4 Å². The summed E-state index contributed by atoms with van der Waals surface area (Å²) in [6.45, 7) is 3.54. The Kier molecular flexibility index (Phi) is 3.59. The van der Waals surface area contributed by atoms with E-state index in [1.54, 1.807) is 19.1 Å². The monoisotopic (exact) mass is 304 g/mol. The lowest BCUT2D eigenvalue weighted by Gasteiger charge is -2.14. The van der Waals surface area contributed by atoms with Crippen molar-refractivity contribution in [2.45, 2.75) is 39.2 Å². The SMILES string of the molecule is Cc1cc(NC(=O)[C@@H](C)n2nc3c(cc2=O)CCC3)sn1. The molecule has 0 bridgehead atoms. The van der Waals surface area contributed by atoms with Gasteiger partial charge < -0.3 is 5.32 Å². The van der Waals surface area contributed by atoms with E-state index in [1.807, 2.05) is 6.92 Å². The highest BCUT2D eigenvalue weighted by Crippen LogP contribution is 2.19. The Bertz CT molecular complexity index is 750. The first-order chi connectivity index (χ1) is 10.0. The average molecular weight is 304 g/mol. The smallest absolute Gasteiger partial charge is 0.267 e. The molecule has 0 fully saturated rings. The highest BCUT2D eigenvalue weighted by atomic mass is 32.1. The minimum absolute atomic E-state index is 0.223. The van der Waals surface area contributed by atoms with E-state index in [0.29, 0.717) is 5.00 Å². The number of hydrogen-bond acceptors (Lipinski definition) is 5. The van der Waals surface area contributed by atoms with Crippen molar-refractivity contribution < 1.29 is 4.79 Å². The zero-order valence-electron chi connectivity index (χ0n) is 11.9. The summed E-state index contributed by atoms with van der Waals surface area (Å²) in [4.78, 5) is 24.3. The predicted octanol–water partition coefficient (Wildman–Crippen LogP) is 1.70. The van der Waals surface area contributed by atoms with Crippen LogP contribution in [0, 0.1) is 6.92 Å². The predicted molar refractivity (Wildman–Crippen MR) is 80.7 cm³/mol. The van der Waals surface area contributed by atoms with E-state index in [9.17, 15) is 9.59 Å². The molecule has 1 atom stereocenters. The van der Waals surface area contributed by atoms with Gasteiger partial charge >= 0.3 is 0 Å². The van der Waals surface area contributed by atoms with Crippen LogP contribution in [-0.2, 0) is 17.6 Å². The van der Waals surface area contributed by atoms with E-state index < -0.39 is 6.04 Å². The minimum Gasteiger partial charge on any atom is -0.315 e. The van der Waals surface area contributed by atoms with Crippen LogP contribution in [0.25, 0.3) is 0 Å². The summed E-state index contributed by atoms with van der Waals surface area (Å²) in [5, 5.41) is 7.80. The number of nitrogens with one attached hydrogen (secondary N) is 1. The number of fused-ring (bicyclic) bond motifs is 1. The van der Waals surface area contributed by atoms with E-state index in [0.717, 1.165) is 36.2 Å². The number of amides is 1. The number of carbonyl (C=O) groups excluding carboxylic acids is 1. The molecule has 0 unspecified atom stereocenters. The third-order valence-corrected chi connectivity index (χ3v) is 4.40. The van der Waals surface area contributed by atoms with Gasteiger partial charge in [-0.05, 0) is 56.3 Å². The lowest BCUT2D eigenvalue weighted by atomic mass is 10.2. The van der Waals surface area contributed by atoms with Gasteiger partial charge in [-0.2, -0.15) is 9.47 Å². The van der Waals surface area contributed by atoms with Crippen LogP contribution in [0.2, 0.25) is 0 Å². The van der Waals surface area contributed by atoms with Gasteiger partial charge in [-0.25, -0.2) is 4.68 Å². The van der Waals surface area contributed by atoms with Crippen molar-refractivity contribution in [3.8, 4) is 0 Å². The maximum absolute atomic E-state index is 12.2. The molecule has 7 heteroatoms. The summed E-state index contributed by atoms with van der Waals surface area (Å²) in [7, 11) is 0. The van der Waals surface area contributed by atoms with Crippen molar-refractivity contribution in [1.29, 1.82) is 0 Å². The zero-order valence-corrected chi connectivity index (χ0v) is 12.7. The molecule has 0 saturated carbocycles. The van der Waals surface area contributed by atoms with Crippen LogP contribution >= 0.6 is 11.5 Å². The number of carbonyl (C=O) groups is 1. The number of hydrogen-bond donors (Lipinski definition) is 1. The van der Waals surface area contributed by atoms with Gasteiger partial charge in [-0.1, -0.05) is 0 Å². The Balaban J connectivity index is 1.83. The Hall–Kier alpha value is -2.02. The summed E-state index contributed by atoms with van der Waals surface area (Å²) < 4.78 is 5.38. The molecule has 110 valence electrons. The van der Waals surface area contributed by atoms with Gasteiger partial charge in [0.05, 0.1) is 11.4 Å². The second kappa shape index (κ2) is 5.40. The van der Waals surface area contributed by atoms with Crippen LogP contribution in [0.5, 0.6) is 0 Å². The lowest BCUT2D eigenvalue weighted by Crippen LogP contribution is -2.33. The average Bonchev–Trinajstić information content (AvgIpc) is 3.05. The summed E-state index contributed by atoms with van der Waals surface area (Å²) in [5.41, 5.74) is 2.58. The molecule has 2 aromatic rings. The number of aromatic nitrogens is 3. The number of rotatable bonds is 3. The van der Waals surface area contributed by atoms with Gasteiger partial charge in [-0.15, -0.1) is 0 Å². The molecular weight excluding hydrogens is 288 g/mol. The third kappa shape index (κ3) is 2.73. The fourth-order valence-electron chi connectivity index (χ4n) is 2.45. The summed E-state index contributed by atoms with van der Waals surface area (Å²) in [6, 6.07) is 2.76. The molecule has 6 nitrogen and oxygen atoms in total. The van der Waals surface area contributed by atoms with Crippen molar-refractivity contribution in [3.05, 3.63) is 39.4 Å². The summed E-state index contributed by atoms with van der Waals surface area (Å²) in [5.74, 6) is -0.258. The van der Waals surface area contributed by atoms with Gasteiger partial charge in [-0.3, -0.25) is 9.59 Å². The first-order valence-corrected chi connectivity index (χ1v) is 7.68. The van der Waals surface area contributed by atoms with Crippen LogP contribution in [0.1, 0.15) is 36.3 Å². The van der Waals surface area contributed by atoms with Gasteiger partial charge in [0, 0.05) is 6.07 Å². The Morgan fingerprint density at radius 2 is 2.24 bits per heavy atom. The molecule has 1 aliphatic carbocycles. The Labute approximate surface area is 126 Å². The maximum atomic E-state index is 12.2. The van der Waals surface area contributed by atoms with E-state index in [1.165, 1.54) is 16.2 Å². The maximum Gasteiger partial charge on any atom is 0.267 e. The van der Waals surface area contributed by atoms with E-state index >= 15 is 0 Å². The van der Waals surface area contributed by atoms with Crippen molar-refractivity contribution in [3.63, 3.8) is 0 Å². The molecule has 1 aliphatic rings. The van der Waals surface area contributed by atoms with Crippen LogP contribution in [-0.4, -0.2) is 20.1 Å².